The second-order valence-corrected chi connectivity index (χ2v) is 5.57. The van der Waals surface area contributed by atoms with E-state index < -0.39 is 0 Å². The Morgan fingerprint density at radius 2 is 1.83 bits per heavy atom. The lowest BCUT2D eigenvalue weighted by Crippen LogP contribution is -2.05. The summed E-state index contributed by atoms with van der Waals surface area (Å²) in [7, 11) is 0. The lowest BCUT2D eigenvalue weighted by molar-refractivity contribution is 0.681. The lowest BCUT2D eigenvalue weighted by Gasteiger charge is -2.20. The molecule has 1 aliphatic carbocycles. The molecule has 1 unspecified atom stereocenters. The monoisotopic (exact) mass is 260 g/mol. The van der Waals surface area contributed by atoms with E-state index in [1.54, 1.807) is 0 Å². The van der Waals surface area contributed by atoms with Crippen LogP contribution in [0.25, 0.3) is 0 Å². The molecule has 0 fully saturated rings. The molecule has 0 N–H and O–H groups in total. The molecule has 0 aromatic heterocycles. The van der Waals surface area contributed by atoms with Gasteiger partial charge in [0.05, 0.1) is 0 Å². The number of hydrogen-bond acceptors (Lipinski definition) is 0. The molecule has 1 heteroatoms. The summed E-state index contributed by atoms with van der Waals surface area (Å²) in [5, 5.41) is 0.932. The number of benzene rings is 1. The van der Waals surface area contributed by atoms with Crippen LogP contribution in [0.2, 0.25) is 5.02 Å². The Morgan fingerprint density at radius 3 is 2.50 bits per heavy atom. The van der Waals surface area contributed by atoms with Crippen molar-refractivity contribution in [3.05, 3.63) is 33.8 Å². The van der Waals surface area contributed by atoms with Crippen molar-refractivity contribution in [1.82, 2.24) is 0 Å². The Hall–Kier alpha value is -0.930. The zero-order valence-corrected chi connectivity index (χ0v) is 12.1. The molecule has 0 nitrogen and oxygen atoms in total. The molecule has 0 saturated heterocycles. The Morgan fingerprint density at radius 1 is 1.17 bits per heavy atom. The minimum atomic E-state index is 0.434. The molecule has 0 spiro atoms. The maximum Gasteiger partial charge on any atom is 0.0443 e. The van der Waals surface area contributed by atoms with Crippen LogP contribution in [0.5, 0.6) is 0 Å². The van der Waals surface area contributed by atoms with Gasteiger partial charge in [-0.1, -0.05) is 31.5 Å². The third kappa shape index (κ3) is 3.09. The third-order valence-corrected chi connectivity index (χ3v) is 4.03. The molecule has 1 aromatic carbocycles. The predicted octanol–water partition coefficient (Wildman–Crippen LogP) is 5.13. The lowest BCUT2D eigenvalue weighted by atomic mass is 9.87. The Labute approximate surface area is 116 Å². The molecule has 1 atom stereocenters. The van der Waals surface area contributed by atoms with Crippen LogP contribution in [0.1, 0.15) is 62.1 Å². The van der Waals surface area contributed by atoms with Crippen molar-refractivity contribution in [2.24, 2.45) is 0 Å². The fraction of sp³-hybridized carbons (Fsp3) is 0.529. The first-order valence-electron chi connectivity index (χ1n) is 6.99. The van der Waals surface area contributed by atoms with E-state index in [2.05, 4.69) is 37.8 Å². The quantitative estimate of drug-likeness (QED) is 0.647. The first kappa shape index (κ1) is 13.5. The SMILES string of the molecule is CCC#CCC(C)c1cc2c(cc1Cl)CCCC2. The highest BCUT2D eigenvalue weighted by atomic mass is 35.5. The van der Waals surface area contributed by atoms with E-state index in [1.807, 2.05) is 0 Å². The van der Waals surface area contributed by atoms with Gasteiger partial charge in [0.15, 0.2) is 0 Å². The summed E-state index contributed by atoms with van der Waals surface area (Å²) in [5.74, 6) is 6.80. The van der Waals surface area contributed by atoms with E-state index in [1.165, 1.54) is 42.4 Å². The van der Waals surface area contributed by atoms with E-state index in [0.717, 1.165) is 17.9 Å². The summed E-state index contributed by atoms with van der Waals surface area (Å²) in [6, 6.07) is 4.52. The number of hydrogen-bond donors (Lipinski definition) is 0. The Balaban J connectivity index is 2.22. The number of rotatable bonds is 2. The summed E-state index contributed by atoms with van der Waals surface area (Å²) in [5.41, 5.74) is 4.25. The van der Waals surface area contributed by atoms with Gasteiger partial charge in [-0.2, -0.15) is 0 Å². The van der Waals surface area contributed by atoms with E-state index in [4.69, 9.17) is 11.6 Å². The number of halogens is 1. The molecule has 0 amide bonds. The highest BCUT2D eigenvalue weighted by molar-refractivity contribution is 6.31. The minimum absolute atomic E-state index is 0.434. The largest absolute Gasteiger partial charge is 0.104 e. The van der Waals surface area contributed by atoms with Gasteiger partial charge in [-0.25, -0.2) is 0 Å². The van der Waals surface area contributed by atoms with Gasteiger partial charge in [0, 0.05) is 17.9 Å². The molecular weight excluding hydrogens is 240 g/mol. The Bertz CT molecular complexity index is 476. The first-order valence-corrected chi connectivity index (χ1v) is 7.37. The van der Waals surface area contributed by atoms with Gasteiger partial charge in [0.2, 0.25) is 0 Å². The average molecular weight is 261 g/mol. The van der Waals surface area contributed by atoms with Crippen molar-refractivity contribution in [3.8, 4) is 11.8 Å². The normalized spacial score (nSPS) is 15.5. The molecule has 2 rings (SSSR count). The second kappa shape index (κ2) is 6.30. The van der Waals surface area contributed by atoms with Crippen LogP contribution in [0.4, 0.5) is 0 Å². The van der Waals surface area contributed by atoms with Crippen LogP contribution < -0.4 is 0 Å². The Kier molecular flexibility index (Phi) is 4.72. The smallest absolute Gasteiger partial charge is 0.0443 e. The number of aryl methyl sites for hydroxylation is 2. The van der Waals surface area contributed by atoms with Gasteiger partial charge in [0.25, 0.3) is 0 Å². The van der Waals surface area contributed by atoms with Crippen molar-refractivity contribution in [1.29, 1.82) is 0 Å². The van der Waals surface area contributed by atoms with Crippen LogP contribution in [-0.2, 0) is 12.8 Å². The fourth-order valence-corrected chi connectivity index (χ4v) is 2.99. The summed E-state index contributed by atoms with van der Waals surface area (Å²) >= 11 is 6.42. The van der Waals surface area contributed by atoms with Gasteiger partial charge >= 0.3 is 0 Å². The summed E-state index contributed by atoms with van der Waals surface area (Å²) in [6.07, 6.45) is 6.88. The summed E-state index contributed by atoms with van der Waals surface area (Å²) in [6.45, 7) is 4.31. The zero-order valence-electron chi connectivity index (χ0n) is 11.4. The molecule has 0 saturated carbocycles. The highest BCUT2D eigenvalue weighted by Crippen LogP contribution is 2.32. The van der Waals surface area contributed by atoms with Crippen LogP contribution in [0.15, 0.2) is 12.1 Å². The van der Waals surface area contributed by atoms with Crippen molar-refractivity contribution in [3.63, 3.8) is 0 Å². The van der Waals surface area contributed by atoms with Crippen LogP contribution in [0, 0.1) is 11.8 Å². The van der Waals surface area contributed by atoms with Gasteiger partial charge in [0.1, 0.15) is 0 Å². The molecule has 0 heterocycles. The molecule has 0 radical (unpaired) electrons. The average Bonchev–Trinajstić information content (AvgIpc) is 2.38. The maximum atomic E-state index is 6.42. The van der Waals surface area contributed by atoms with Crippen molar-refractivity contribution in [2.75, 3.05) is 0 Å². The first-order chi connectivity index (χ1) is 8.72. The van der Waals surface area contributed by atoms with E-state index in [-0.39, 0.29) is 0 Å². The minimum Gasteiger partial charge on any atom is -0.104 e. The van der Waals surface area contributed by atoms with Crippen molar-refractivity contribution in [2.45, 2.75) is 58.3 Å². The van der Waals surface area contributed by atoms with Gasteiger partial charge in [-0.3, -0.25) is 0 Å². The summed E-state index contributed by atoms with van der Waals surface area (Å²) < 4.78 is 0. The molecule has 0 bridgehead atoms. The molecule has 1 aliphatic rings. The number of fused-ring (bicyclic) bond motifs is 1. The molecule has 1 aromatic rings. The van der Waals surface area contributed by atoms with Gasteiger partial charge in [-0.15, -0.1) is 11.8 Å². The van der Waals surface area contributed by atoms with Crippen molar-refractivity contribution >= 4 is 11.6 Å². The zero-order chi connectivity index (χ0) is 13.0. The molecule has 18 heavy (non-hydrogen) atoms. The standard InChI is InChI=1S/C17H21Cl/c1-3-4-5-8-13(2)16-11-14-9-6-7-10-15(14)12-17(16)18/h11-13H,3,6-10H2,1-2H3. The van der Waals surface area contributed by atoms with Crippen LogP contribution in [0.3, 0.4) is 0 Å². The highest BCUT2D eigenvalue weighted by Gasteiger charge is 2.15. The summed E-state index contributed by atoms with van der Waals surface area (Å²) in [4.78, 5) is 0. The van der Waals surface area contributed by atoms with Gasteiger partial charge < -0.3 is 0 Å². The van der Waals surface area contributed by atoms with Crippen LogP contribution in [-0.4, -0.2) is 0 Å². The maximum absolute atomic E-state index is 6.42. The molecule has 0 aliphatic heterocycles. The van der Waals surface area contributed by atoms with Gasteiger partial charge in [-0.05, 0) is 54.4 Å². The van der Waals surface area contributed by atoms with Crippen LogP contribution >= 0.6 is 11.6 Å². The van der Waals surface area contributed by atoms with E-state index in [9.17, 15) is 0 Å². The van der Waals surface area contributed by atoms with E-state index in [0.29, 0.717) is 5.92 Å². The molecule has 96 valence electrons. The fourth-order valence-electron chi connectivity index (χ4n) is 2.61. The second-order valence-electron chi connectivity index (χ2n) is 5.16. The van der Waals surface area contributed by atoms with E-state index >= 15 is 0 Å². The molecular formula is C17H21Cl. The third-order valence-electron chi connectivity index (χ3n) is 3.70. The topological polar surface area (TPSA) is 0 Å². The van der Waals surface area contributed by atoms with Crippen molar-refractivity contribution < 1.29 is 0 Å². The predicted molar refractivity (Wildman–Crippen MR) is 79.2 cm³/mol.